The highest BCUT2D eigenvalue weighted by Crippen LogP contribution is 2.31. The quantitative estimate of drug-likeness (QED) is 0.840. The second-order valence-corrected chi connectivity index (χ2v) is 7.18. The Labute approximate surface area is 115 Å². The number of aliphatic carboxylic acids is 1. The molecule has 1 aliphatic heterocycles. The maximum absolute atomic E-state index is 12.3. The third-order valence-electron chi connectivity index (χ3n) is 2.75. The van der Waals surface area contributed by atoms with Gasteiger partial charge in [-0.05, 0) is 12.1 Å². The summed E-state index contributed by atoms with van der Waals surface area (Å²) in [4.78, 5) is 10.9. The van der Waals surface area contributed by atoms with E-state index in [9.17, 15) is 13.2 Å². The number of thiophene rings is 1. The highest BCUT2D eigenvalue weighted by molar-refractivity contribution is 7.91. The molecule has 0 saturated carbocycles. The van der Waals surface area contributed by atoms with Gasteiger partial charge in [-0.1, -0.05) is 23.5 Å². The van der Waals surface area contributed by atoms with Crippen molar-refractivity contribution in [2.24, 2.45) is 5.92 Å². The lowest BCUT2D eigenvalue weighted by Gasteiger charge is -2.25. The van der Waals surface area contributed by atoms with Gasteiger partial charge in [0.1, 0.15) is 4.21 Å². The zero-order chi connectivity index (χ0) is 14.0. The smallest absolute Gasteiger partial charge is 0.311 e. The Morgan fingerprint density at radius 3 is 2.84 bits per heavy atom. The van der Waals surface area contributed by atoms with Gasteiger partial charge < -0.3 is 9.84 Å². The number of nitrogens with zero attached hydrogens (tertiary/aromatic N) is 1. The second kappa shape index (κ2) is 5.32. The number of carboxylic acid groups (broad SMARTS) is 1. The lowest BCUT2D eigenvalue weighted by atomic mass is 10.1. The summed E-state index contributed by atoms with van der Waals surface area (Å²) in [6.45, 7) is 0.140. The molecule has 0 radical (unpaired) electrons. The Bertz CT molecular complexity index is 604. The lowest BCUT2D eigenvalue weighted by molar-refractivity contribution is -0.140. The summed E-state index contributed by atoms with van der Waals surface area (Å²) < 4.78 is 31.0. The number of rotatable bonds is 4. The van der Waals surface area contributed by atoms with Crippen LogP contribution in [0.25, 0.3) is 0 Å². The number of carboxylic acids is 1. The van der Waals surface area contributed by atoms with Gasteiger partial charge in [-0.25, -0.2) is 8.42 Å². The van der Waals surface area contributed by atoms with Crippen LogP contribution in [0.3, 0.4) is 0 Å². The van der Waals surface area contributed by atoms with Crippen molar-refractivity contribution in [3.8, 4) is 5.06 Å². The van der Waals surface area contributed by atoms with Gasteiger partial charge in [-0.3, -0.25) is 4.79 Å². The summed E-state index contributed by atoms with van der Waals surface area (Å²) in [6, 6.07) is 3.04. The van der Waals surface area contributed by atoms with E-state index in [0.29, 0.717) is 5.06 Å². The summed E-state index contributed by atoms with van der Waals surface area (Å²) >= 11 is 1.02. The average Bonchev–Trinajstić information content (AvgIpc) is 2.88. The van der Waals surface area contributed by atoms with E-state index in [1.165, 1.54) is 19.3 Å². The molecule has 6 nitrogen and oxygen atoms in total. The molecule has 0 aromatic carbocycles. The number of ether oxygens (including phenoxy) is 1. The minimum absolute atomic E-state index is 0.0472. The third kappa shape index (κ3) is 2.80. The molecule has 104 valence electrons. The van der Waals surface area contributed by atoms with Crippen LogP contribution in [-0.2, 0) is 14.8 Å². The Kier molecular flexibility index (Phi) is 3.93. The van der Waals surface area contributed by atoms with E-state index in [0.717, 1.165) is 15.6 Å². The summed E-state index contributed by atoms with van der Waals surface area (Å²) in [7, 11) is -2.20. The first-order chi connectivity index (χ1) is 8.95. The van der Waals surface area contributed by atoms with Crippen molar-refractivity contribution in [3.63, 3.8) is 0 Å². The van der Waals surface area contributed by atoms with E-state index >= 15 is 0 Å². The first kappa shape index (κ1) is 14.0. The molecule has 0 saturated heterocycles. The monoisotopic (exact) mass is 303 g/mol. The van der Waals surface area contributed by atoms with Crippen molar-refractivity contribution in [3.05, 3.63) is 24.3 Å². The van der Waals surface area contributed by atoms with Gasteiger partial charge in [-0.15, -0.1) is 0 Å². The normalized spacial score (nSPS) is 20.4. The van der Waals surface area contributed by atoms with Crippen LogP contribution in [0.2, 0.25) is 0 Å². The third-order valence-corrected chi connectivity index (χ3v) is 6.09. The largest absolute Gasteiger partial charge is 0.487 e. The molecule has 19 heavy (non-hydrogen) atoms. The standard InChI is InChI=1S/C11H13NO5S2/c1-17-9-4-5-10(18-9)19(15,16)12-6-2-3-8(7-12)11(13)14/h2-5,8H,6-7H2,1H3,(H,13,14). The van der Waals surface area contributed by atoms with Crippen LogP contribution in [-0.4, -0.2) is 44.0 Å². The number of methoxy groups -OCH3 is 1. The predicted octanol–water partition coefficient (Wildman–Crippen LogP) is 1.02. The van der Waals surface area contributed by atoms with Crippen LogP contribution in [0.15, 0.2) is 28.5 Å². The molecule has 2 rings (SSSR count). The number of hydrogen-bond acceptors (Lipinski definition) is 5. The van der Waals surface area contributed by atoms with E-state index in [4.69, 9.17) is 9.84 Å². The fourth-order valence-corrected chi connectivity index (χ4v) is 4.40. The van der Waals surface area contributed by atoms with Gasteiger partial charge in [0.05, 0.1) is 13.0 Å². The zero-order valence-corrected chi connectivity index (χ0v) is 11.8. The fourth-order valence-electron chi connectivity index (χ4n) is 1.73. The first-order valence-electron chi connectivity index (χ1n) is 5.48. The molecule has 1 aromatic heterocycles. The van der Waals surface area contributed by atoms with Crippen LogP contribution in [0.4, 0.5) is 0 Å². The Morgan fingerprint density at radius 1 is 1.53 bits per heavy atom. The van der Waals surface area contributed by atoms with E-state index in [-0.39, 0.29) is 17.3 Å². The molecular weight excluding hydrogens is 290 g/mol. The maximum Gasteiger partial charge on any atom is 0.311 e. The SMILES string of the molecule is COc1ccc(S(=O)(=O)N2CC=CC(C(=O)O)C2)s1. The number of hydrogen-bond donors (Lipinski definition) is 1. The molecule has 8 heteroatoms. The van der Waals surface area contributed by atoms with E-state index in [1.807, 2.05) is 0 Å². The van der Waals surface area contributed by atoms with Crippen molar-refractivity contribution >= 4 is 27.3 Å². The zero-order valence-electron chi connectivity index (χ0n) is 10.1. The molecule has 0 fully saturated rings. The molecule has 1 unspecified atom stereocenters. The molecular formula is C11H13NO5S2. The molecule has 0 spiro atoms. The van der Waals surface area contributed by atoms with Crippen LogP contribution in [0, 0.1) is 5.92 Å². The Balaban J connectivity index is 2.25. The average molecular weight is 303 g/mol. The van der Waals surface area contributed by atoms with E-state index in [2.05, 4.69) is 0 Å². The highest BCUT2D eigenvalue weighted by Gasteiger charge is 2.31. The highest BCUT2D eigenvalue weighted by atomic mass is 32.2. The van der Waals surface area contributed by atoms with Crippen molar-refractivity contribution in [2.75, 3.05) is 20.2 Å². The number of sulfonamides is 1. The molecule has 2 heterocycles. The van der Waals surface area contributed by atoms with Gasteiger partial charge in [0.2, 0.25) is 0 Å². The van der Waals surface area contributed by atoms with Crippen LogP contribution < -0.4 is 4.74 Å². The van der Waals surface area contributed by atoms with E-state index in [1.54, 1.807) is 12.1 Å². The van der Waals surface area contributed by atoms with E-state index < -0.39 is 21.9 Å². The fraction of sp³-hybridized carbons (Fsp3) is 0.364. The van der Waals surface area contributed by atoms with Gasteiger partial charge in [0, 0.05) is 13.1 Å². The minimum atomic E-state index is -3.66. The molecule has 1 aliphatic rings. The second-order valence-electron chi connectivity index (χ2n) is 3.97. The molecule has 1 aromatic rings. The summed E-state index contributed by atoms with van der Waals surface area (Å²) in [5.41, 5.74) is 0. The van der Waals surface area contributed by atoms with Gasteiger partial charge >= 0.3 is 5.97 Å². The summed E-state index contributed by atoms with van der Waals surface area (Å²) in [6.07, 6.45) is 3.08. The minimum Gasteiger partial charge on any atom is -0.487 e. The van der Waals surface area contributed by atoms with Crippen LogP contribution in [0.5, 0.6) is 5.06 Å². The van der Waals surface area contributed by atoms with Crippen LogP contribution >= 0.6 is 11.3 Å². The van der Waals surface area contributed by atoms with Crippen molar-refractivity contribution in [1.82, 2.24) is 4.31 Å². The molecule has 1 N–H and O–H groups in total. The Morgan fingerprint density at radius 2 is 2.26 bits per heavy atom. The Hall–Kier alpha value is -1.38. The topological polar surface area (TPSA) is 83.9 Å². The summed E-state index contributed by atoms with van der Waals surface area (Å²) in [5.74, 6) is -1.83. The molecule has 0 aliphatic carbocycles. The van der Waals surface area contributed by atoms with Gasteiger partial charge in [0.15, 0.2) is 5.06 Å². The van der Waals surface area contributed by atoms with Crippen molar-refractivity contribution in [2.45, 2.75) is 4.21 Å². The van der Waals surface area contributed by atoms with Crippen molar-refractivity contribution in [1.29, 1.82) is 0 Å². The van der Waals surface area contributed by atoms with Gasteiger partial charge in [-0.2, -0.15) is 4.31 Å². The lowest BCUT2D eigenvalue weighted by Crippen LogP contribution is -2.39. The maximum atomic E-state index is 12.3. The molecule has 1 atom stereocenters. The predicted molar refractivity (Wildman–Crippen MR) is 69.9 cm³/mol. The van der Waals surface area contributed by atoms with Crippen LogP contribution in [0.1, 0.15) is 0 Å². The molecule has 0 amide bonds. The molecule has 0 bridgehead atoms. The summed E-state index contributed by atoms with van der Waals surface area (Å²) in [5, 5.41) is 9.45. The van der Waals surface area contributed by atoms with Gasteiger partial charge in [0.25, 0.3) is 10.0 Å². The first-order valence-corrected chi connectivity index (χ1v) is 7.74. The number of carbonyl (C=O) groups is 1. The van der Waals surface area contributed by atoms with Crippen molar-refractivity contribution < 1.29 is 23.1 Å².